The Morgan fingerprint density at radius 2 is 1.81 bits per heavy atom. The van der Waals surface area contributed by atoms with Crippen molar-refractivity contribution in [2.24, 2.45) is 5.92 Å². The molecule has 21 heavy (non-hydrogen) atoms. The molecule has 0 bridgehead atoms. The van der Waals surface area contributed by atoms with Gasteiger partial charge in [-0.05, 0) is 11.5 Å². The van der Waals surface area contributed by atoms with E-state index in [0.29, 0.717) is 0 Å². The zero-order valence-corrected chi connectivity index (χ0v) is 12.4. The highest BCUT2D eigenvalue weighted by molar-refractivity contribution is 7.88. The molecule has 5 nitrogen and oxygen atoms in total. The number of carbonyl (C=O) groups excluding carboxylic acids is 1. The van der Waals surface area contributed by atoms with E-state index < -0.39 is 10.0 Å². The molecule has 110 valence electrons. The number of anilines is 1. The van der Waals surface area contributed by atoms with Crippen molar-refractivity contribution in [1.29, 1.82) is 0 Å². The molecule has 2 aromatic carbocycles. The second kappa shape index (κ2) is 5.13. The Bertz CT molecular complexity index is 790. The van der Waals surface area contributed by atoms with Gasteiger partial charge >= 0.3 is 0 Å². The van der Waals surface area contributed by atoms with E-state index in [0.717, 1.165) is 22.7 Å². The summed E-state index contributed by atoms with van der Waals surface area (Å²) in [6.07, 6.45) is 1.16. The molecule has 1 fully saturated rings. The molecule has 0 radical (unpaired) electrons. The summed E-state index contributed by atoms with van der Waals surface area (Å²) >= 11 is 0. The highest BCUT2D eigenvalue weighted by Gasteiger charge is 2.37. The Labute approximate surface area is 123 Å². The van der Waals surface area contributed by atoms with Crippen molar-refractivity contribution in [3.8, 4) is 0 Å². The molecular weight excluding hydrogens is 288 g/mol. The number of fused-ring (bicyclic) bond motifs is 1. The highest BCUT2D eigenvalue weighted by Crippen LogP contribution is 2.25. The molecule has 1 N–H and O–H groups in total. The minimum absolute atomic E-state index is 0.133. The highest BCUT2D eigenvalue weighted by atomic mass is 32.2. The van der Waals surface area contributed by atoms with Gasteiger partial charge in [0.05, 0.1) is 12.2 Å². The lowest BCUT2D eigenvalue weighted by Crippen LogP contribution is -2.53. The van der Waals surface area contributed by atoms with Crippen LogP contribution in [0.3, 0.4) is 0 Å². The first-order valence-corrected chi connectivity index (χ1v) is 8.54. The van der Waals surface area contributed by atoms with Crippen molar-refractivity contribution < 1.29 is 13.2 Å². The van der Waals surface area contributed by atoms with E-state index in [1.54, 1.807) is 0 Å². The molecule has 0 atom stereocenters. The molecule has 2 aromatic rings. The summed E-state index contributed by atoms with van der Waals surface area (Å²) in [5, 5.41) is 4.93. The van der Waals surface area contributed by atoms with Gasteiger partial charge in [0.1, 0.15) is 0 Å². The summed E-state index contributed by atoms with van der Waals surface area (Å²) in [5.74, 6) is -0.412. The van der Waals surface area contributed by atoms with Crippen LogP contribution in [0.15, 0.2) is 42.5 Å². The Morgan fingerprint density at radius 1 is 1.14 bits per heavy atom. The first-order chi connectivity index (χ1) is 9.95. The van der Waals surface area contributed by atoms with Crippen LogP contribution in [0.4, 0.5) is 5.69 Å². The van der Waals surface area contributed by atoms with Crippen molar-refractivity contribution in [3.05, 3.63) is 42.5 Å². The van der Waals surface area contributed by atoms with E-state index >= 15 is 0 Å². The Kier molecular flexibility index (Phi) is 3.43. The van der Waals surface area contributed by atoms with E-state index in [4.69, 9.17) is 0 Å². The Hall–Kier alpha value is -1.92. The molecule has 1 aliphatic heterocycles. The van der Waals surface area contributed by atoms with Crippen molar-refractivity contribution in [2.45, 2.75) is 0 Å². The van der Waals surface area contributed by atoms with Crippen molar-refractivity contribution in [2.75, 3.05) is 24.7 Å². The summed E-state index contributed by atoms with van der Waals surface area (Å²) in [6, 6.07) is 13.5. The number of benzene rings is 2. The number of nitrogens with zero attached hydrogens (tertiary/aromatic N) is 1. The number of amides is 1. The first kappa shape index (κ1) is 14.0. The van der Waals surface area contributed by atoms with Gasteiger partial charge in [-0.2, -0.15) is 0 Å². The van der Waals surface area contributed by atoms with Gasteiger partial charge in [-0.3, -0.25) is 4.79 Å². The molecule has 1 saturated heterocycles. The molecule has 6 heteroatoms. The van der Waals surface area contributed by atoms with Crippen LogP contribution in [0.25, 0.3) is 10.8 Å². The topological polar surface area (TPSA) is 66.5 Å². The average Bonchev–Trinajstić information content (AvgIpc) is 2.35. The summed E-state index contributed by atoms with van der Waals surface area (Å²) in [5.41, 5.74) is 0.760. The lowest BCUT2D eigenvalue weighted by molar-refractivity contribution is -0.122. The summed E-state index contributed by atoms with van der Waals surface area (Å²) in [4.78, 5) is 12.2. The Morgan fingerprint density at radius 3 is 2.52 bits per heavy atom. The van der Waals surface area contributed by atoms with Gasteiger partial charge in [-0.25, -0.2) is 12.7 Å². The summed E-state index contributed by atoms with van der Waals surface area (Å²) in [6.45, 7) is 0.519. The minimum atomic E-state index is -3.19. The number of hydrogen-bond donors (Lipinski definition) is 1. The SMILES string of the molecule is CS(=O)(=O)N1CC(C(=O)Nc2cccc3ccccc23)C1. The van der Waals surface area contributed by atoms with Crippen LogP contribution in [0.5, 0.6) is 0 Å². The molecule has 0 saturated carbocycles. The van der Waals surface area contributed by atoms with Crippen LogP contribution >= 0.6 is 0 Å². The predicted molar refractivity (Wildman–Crippen MR) is 82.5 cm³/mol. The molecule has 0 aromatic heterocycles. The van der Waals surface area contributed by atoms with Crippen LogP contribution in [0.1, 0.15) is 0 Å². The monoisotopic (exact) mass is 304 g/mol. The van der Waals surface area contributed by atoms with Crippen LogP contribution < -0.4 is 5.32 Å². The second-order valence-electron chi connectivity index (χ2n) is 5.29. The van der Waals surface area contributed by atoms with Gasteiger partial charge in [0.25, 0.3) is 0 Å². The van der Waals surface area contributed by atoms with Gasteiger partial charge < -0.3 is 5.32 Å². The molecule has 0 unspecified atom stereocenters. The van der Waals surface area contributed by atoms with Crippen LogP contribution in [0, 0.1) is 5.92 Å². The third-order valence-corrected chi connectivity index (χ3v) is 4.97. The normalized spacial score (nSPS) is 16.6. The zero-order chi connectivity index (χ0) is 15.0. The van der Waals surface area contributed by atoms with Crippen molar-refractivity contribution in [3.63, 3.8) is 0 Å². The summed E-state index contributed by atoms with van der Waals surface area (Å²) in [7, 11) is -3.19. The molecular formula is C15H16N2O3S. The van der Waals surface area contributed by atoms with Crippen LogP contribution in [-0.4, -0.2) is 38.0 Å². The van der Waals surface area contributed by atoms with E-state index in [2.05, 4.69) is 5.32 Å². The maximum Gasteiger partial charge on any atom is 0.230 e. The van der Waals surface area contributed by atoms with Crippen LogP contribution in [0.2, 0.25) is 0 Å². The van der Waals surface area contributed by atoms with E-state index in [9.17, 15) is 13.2 Å². The lowest BCUT2D eigenvalue weighted by Gasteiger charge is -2.36. The van der Waals surface area contributed by atoms with Gasteiger partial charge in [0.2, 0.25) is 15.9 Å². The minimum Gasteiger partial charge on any atom is -0.325 e. The first-order valence-electron chi connectivity index (χ1n) is 6.69. The molecule has 0 spiro atoms. The van der Waals surface area contributed by atoms with Gasteiger partial charge in [0, 0.05) is 24.2 Å². The van der Waals surface area contributed by atoms with Crippen LogP contribution in [-0.2, 0) is 14.8 Å². The quantitative estimate of drug-likeness (QED) is 0.938. The smallest absolute Gasteiger partial charge is 0.230 e. The predicted octanol–water partition coefficient (Wildman–Crippen LogP) is 1.67. The second-order valence-corrected chi connectivity index (χ2v) is 7.28. The lowest BCUT2D eigenvalue weighted by atomic mass is 10.0. The molecule has 0 aliphatic carbocycles. The number of carbonyl (C=O) groups is 1. The molecule has 1 heterocycles. The van der Waals surface area contributed by atoms with E-state index in [-0.39, 0.29) is 24.9 Å². The number of sulfonamides is 1. The molecule has 1 aliphatic rings. The van der Waals surface area contributed by atoms with Crippen molar-refractivity contribution in [1.82, 2.24) is 4.31 Å². The third-order valence-electron chi connectivity index (χ3n) is 3.74. The number of hydrogen-bond acceptors (Lipinski definition) is 3. The number of nitrogens with one attached hydrogen (secondary N) is 1. The summed E-state index contributed by atoms with van der Waals surface area (Å²) < 4.78 is 23.9. The van der Waals surface area contributed by atoms with Crippen molar-refractivity contribution >= 4 is 32.4 Å². The maximum atomic E-state index is 12.2. The zero-order valence-electron chi connectivity index (χ0n) is 11.6. The standard InChI is InChI=1S/C15H16N2O3S/c1-21(19,20)17-9-12(10-17)15(18)16-14-8-4-6-11-5-2-3-7-13(11)14/h2-8,12H,9-10H2,1H3,(H,16,18). The van der Waals surface area contributed by atoms with E-state index in [1.807, 2.05) is 42.5 Å². The molecule has 3 rings (SSSR count). The molecule has 1 amide bonds. The fraction of sp³-hybridized carbons (Fsp3) is 0.267. The number of rotatable bonds is 3. The fourth-order valence-corrected chi connectivity index (χ4v) is 3.35. The Balaban J connectivity index is 1.74. The van der Waals surface area contributed by atoms with Gasteiger partial charge in [0.15, 0.2) is 0 Å². The van der Waals surface area contributed by atoms with E-state index in [1.165, 1.54) is 4.31 Å². The largest absolute Gasteiger partial charge is 0.325 e. The average molecular weight is 304 g/mol. The maximum absolute atomic E-state index is 12.2. The van der Waals surface area contributed by atoms with Gasteiger partial charge in [-0.1, -0.05) is 36.4 Å². The third kappa shape index (κ3) is 2.77. The fourth-order valence-electron chi connectivity index (χ4n) is 2.44. The van der Waals surface area contributed by atoms with Gasteiger partial charge in [-0.15, -0.1) is 0 Å².